The molecule has 0 unspecified atom stereocenters. The van der Waals surface area contributed by atoms with Gasteiger partial charge in [-0.15, -0.1) is 0 Å². The second kappa shape index (κ2) is 7.54. The van der Waals surface area contributed by atoms with E-state index < -0.39 is 17.4 Å². The van der Waals surface area contributed by atoms with Crippen LogP contribution in [0.2, 0.25) is 0 Å². The lowest BCUT2D eigenvalue weighted by atomic mass is 9.73. The summed E-state index contributed by atoms with van der Waals surface area (Å²) in [5, 5.41) is 20.5. The predicted octanol–water partition coefficient (Wildman–Crippen LogP) is 3.06. The van der Waals surface area contributed by atoms with Crippen LogP contribution in [0.1, 0.15) is 49.9 Å². The highest BCUT2D eigenvalue weighted by molar-refractivity contribution is 5.77. The summed E-state index contributed by atoms with van der Waals surface area (Å²) >= 11 is 0. The third kappa shape index (κ3) is 3.91. The first kappa shape index (κ1) is 21.9. The SMILES string of the molecule is CC(=O)Oc1cc(C(C)(C)c2cc(OC(C)=O)c(O)c(N)c2C)c(C)c(N)c1O. The van der Waals surface area contributed by atoms with Gasteiger partial charge < -0.3 is 31.2 Å². The molecule has 8 nitrogen and oxygen atoms in total. The Balaban J connectivity index is 2.79. The molecule has 2 aromatic carbocycles. The fourth-order valence-electron chi connectivity index (χ4n) is 3.43. The molecule has 0 saturated carbocycles. The number of anilines is 2. The molecular weight excluding hydrogens is 376 g/mol. The van der Waals surface area contributed by atoms with Gasteiger partial charge in [-0.05, 0) is 48.2 Å². The lowest BCUT2D eigenvalue weighted by Crippen LogP contribution is -2.23. The minimum absolute atomic E-state index is 0.0618. The van der Waals surface area contributed by atoms with Crippen molar-refractivity contribution in [2.45, 2.75) is 47.0 Å². The second-order valence-electron chi connectivity index (χ2n) is 7.43. The Morgan fingerprint density at radius 1 is 0.828 bits per heavy atom. The molecule has 156 valence electrons. The predicted molar refractivity (Wildman–Crippen MR) is 109 cm³/mol. The Bertz CT molecular complexity index is 932. The quantitative estimate of drug-likeness (QED) is 0.264. The largest absolute Gasteiger partial charge is 0.503 e. The standard InChI is InChI=1S/C21H26N2O6/c1-9-13(7-15(28-11(3)24)19(26)17(9)22)21(5,6)14-8-16(29-12(4)25)20(27)18(23)10(14)2/h7-8,26-27H,22-23H2,1-6H3. The maximum Gasteiger partial charge on any atom is 0.308 e. The molecule has 0 aliphatic carbocycles. The van der Waals surface area contributed by atoms with Crippen LogP contribution in [0.15, 0.2) is 12.1 Å². The number of phenols is 2. The summed E-state index contributed by atoms with van der Waals surface area (Å²) < 4.78 is 10.2. The van der Waals surface area contributed by atoms with E-state index in [-0.39, 0.29) is 34.4 Å². The molecule has 2 rings (SSSR count). The Morgan fingerprint density at radius 3 is 1.41 bits per heavy atom. The smallest absolute Gasteiger partial charge is 0.308 e. The van der Waals surface area contributed by atoms with Crippen molar-refractivity contribution in [2.75, 3.05) is 11.5 Å². The van der Waals surface area contributed by atoms with Crippen molar-refractivity contribution in [1.82, 2.24) is 0 Å². The highest BCUT2D eigenvalue weighted by atomic mass is 16.5. The first-order valence-electron chi connectivity index (χ1n) is 8.90. The number of benzene rings is 2. The molecule has 2 aromatic rings. The molecular formula is C21H26N2O6. The second-order valence-corrected chi connectivity index (χ2v) is 7.43. The number of aromatic hydroxyl groups is 2. The summed E-state index contributed by atoms with van der Waals surface area (Å²) in [5.41, 5.74) is 14.0. The normalized spacial score (nSPS) is 11.2. The first-order chi connectivity index (χ1) is 13.3. The van der Waals surface area contributed by atoms with Crippen molar-refractivity contribution in [2.24, 2.45) is 0 Å². The minimum Gasteiger partial charge on any atom is -0.503 e. The first-order valence-corrected chi connectivity index (χ1v) is 8.90. The van der Waals surface area contributed by atoms with Crippen molar-refractivity contribution in [1.29, 1.82) is 0 Å². The van der Waals surface area contributed by atoms with Crippen LogP contribution < -0.4 is 20.9 Å². The number of carbonyl (C=O) groups is 2. The highest BCUT2D eigenvalue weighted by Gasteiger charge is 2.32. The van der Waals surface area contributed by atoms with E-state index in [2.05, 4.69) is 0 Å². The van der Waals surface area contributed by atoms with Crippen LogP contribution in [-0.2, 0) is 15.0 Å². The van der Waals surface area contributed by atoms with Crippen LogP contribution in [0.4, 0.5) is 11.4 Å². The summed E-state index contributed by atoms with van der Waals surface area (Å²) in [5.74, 6) is -1.97. The van der Waals surface area contributed by atoms with Crippen LogP contribution in [0.3, 0.4) is 0 Å². The Morgan fingerprint density at radius 2 is 1.14 bits per heavy atom. The molecule has 0 fully saturated rings. The molecule has 0 amide bonds. The molecule has 0 spiro atoms. The molecule has 0 heterocycles. The van der Waals surface area contributed by atoms with Gasteiger partial charge in [0.1, 0.15) is 0 Å². The number of phenolic OH excluding ortho intramolecular Hbond substituents is 2. The van der Waals surface area contributed by atoms with E-state index in [1.165, 1.54) is 26.0 Å². The average Bonchev–Trinajstić information content (AvgIpc) is 2.61. The van der Waals surface area contributed by atoms with E-state index in [9.17, 15) is 19.8 Å². The van der Waals surface area contributed by atoms with Gasteiger partial charge in [-0.25, -0.2) is 0 Å². The van der Waals surface area contributed by atoms with Crippen molar-refractivity contribution < 1.29 is 29.3 Å². The molecule has 0 aromatic heterocycles. The van der Waals surface area contributed by atoms with E-state index in [4.69, 9.17) is 20.9 Å². The molecule has 0 bridgehead atoms. The van der Waals surface area contributed by atoms with Gasteiger partial charge in [-0.2, -0.15) is 0 Å². The number of nitrogen functional groups attached to an aromatic ring is 2. The molecule has 0 radical (unpaired) electrons. The van der Waals surface area contributed by atoms with E-state index in [0.29, 0.717) is 22.3 Å². The number of hydrogen-bond acceptors (Lipinski definition) is 8. The Kier molecular flexibility index (Phi) is 5.69. The fraction of sp³-hybridized carbons (Fsp3) is 0.333. The number of carbonyl (C=O) groups excluding carboxylic acids is 2. The number of nitrogens with two attached hydrogens (primary N) is 2. The molecule has 0 atom stereocenters. The van der Waals surface area contributed by atoms with Gasteiger partial charge in [0.05, 0.1) is 11.4 Å². The number of esters is 2. The van der Waals surface area contributed by atoms with Crippen LogP contribution >= 0.6 is 0 Å². The van der Waals surface area contributed by atoms with Gasteiger partial charge in [0.25, 0.3) is 0 Å². The van der Waals surface area contributed by atoms with E-state index in [1.54, 1.807) is 13.8 Å². The summed E-state index contributed by atoms with van der Waals surface area (Å²) in [6.07, 6.45) is 0. The van der Waals surface area contributed by atoms with Gasteiger partial charge in [0, 0.05) is 19.3 Å². The van der Waals surface area contributed by atoms with E-state index in [0.717, 1.165) is 0 Å². The van der Waals surface area contributed by atoms with Crippen molar-refractivity contribution in [3.8, 4) is 23.0 Å². The van der Waals surface area contributed by atoms with Gasteiger partial charge >= 0.3 is 11.9 Å². The molecule has 29 heavy (non-hydrogen) atoms. The Labute approximate surface area is 169 Å². The van der Waals surface area contributed by atoms with Crippen molar-refractivity contribution in [3.63, 3.8) is 0 Å². The van der Waals surface area contributed by atoms with E-state index in [1.807, 2.05) is 13.8 Å². The van der Waals surface area contributed by atoms with Crippen LogP contribution in [0.25, 0.3) is 0 Å². The molecule has 8 heteroatoms. The summed E-state index contributed by atoms with van der Waals surface area (Å²) in [6.45, 7) is 9.65. The molecule has 0 aliphatic rings. The number of hydrogen-bond donors (Lipinski definition) is 4. The summed E-state index contributed by atoms with van der Waals surface area (Å²) in [6, 6.07) is 3.08. The van der Waals surface area contributed by atoms with Crippen LogP contribution in [-0.4, -0.2) is 22.2 Å². The maximum absolute atomic E-state index is 11.4. The van der Waals surface area contributed by atoms with Crippen molar-refractivity contribution in [3.05, 3.63) is 34.4 Å². The van der Waals surface area contributed by atoms with Crippen LogP contribution in [0, 0.1) is 13.8 Å². The zero-order valence-electron chi connectivity index (χ0n) is 17.3. The topological polar surface area (TPSA) is 145 Å². The lowest BCUT2D eigenvalue weighted by molar-refractivity contribution is -0.132. The highest BCUT2D eigenvalue weighted by Crippen LogP contribution is 2.47. The third-order valence-electron chi connectivity index (χ3n) is 5.00. The van der Waals surface area contributed by atoms with Gasteiger partial charge in [0.15, 0.2) is 23.0 Å². The molecule has 0 saturated heterocycles. The fourth-order valence-corrected chi connectivity index (χ4v) is 3.43. The van der Waals surface area contributed by atoms with Crippen LogP contribution in [0.5, 0.6) is 23.0 Å². The summed E-state index contributed by atoms with van der Waals surface area (Å²) in [4.78, 5) is 22.8. The van der Waals surface area contributed by atoms with Gasteiger partial charge in [-0.1, -0.05) is 13.8 Å². The lowest BCUT2D eigenvalue weighted by Gasteiger charge is -2.31. The molecule has 0 aliphatic heterocycles. The van der Waals surface area contributed by atoms with Gasteiger partial charge in [0.2, 0.25) is 0 Å². The number of ether oxygens (including phenoxy) is 2. The monoisotopic (exact) mass is 402 g/mol. The van der Waals surface area contributed by atoms with E-state index >= 15 is 0 Å². The zero-order chi connectivity index (χ0) is 22.3. The maximum atomic E-state index is 11.4. The average molecular weight is 402 g/mol. The van der Waals surface area contributed by atoms with Crippen molar-refractivity contribution >= 4 is 23.3 Å². The summed E-state index contributed by atoms with van der Waals surface area (Å²) in [7, 11) is 0. The Hall–Kier alpha value is -3.42. The minimum atomic E-state index is -0.776. The number of rotatable bonds is 4. The van der Waals surface area contributed by atoms with Gasteiger partial charge in [-0.3, -0.25) is 9.59 Å². The third-order valence-corrected chi connectivity index (χ3v) is 5.00. The zero-order valence-corrected chi connectivity index (χ0v) is 17.3. The molecule has 6 N–H and O–H groups in total.